The fraction of sp³-hybridized carbons (Fsp3) is 0.625. The van der Waals surface area contributed by atoms with E-state index in [9.17, 15) is 0 Å². The average molecular weight is 273 g/mol. The van der Waals surface area contributed by atoms with Gasteiger partial charge in [-0.1, -0.05) is 18.2 Å². The summed E-state index contributed by atoms with van der Waals surface area (Å²) in [5.41, 5.74) is 3.50. The Kier molecular flexibility index (Phi) is 3.24. The molecule has 1 aromatic rings. The van der Waals surface area contributed by atoms with Crippen LogP contribution in [0.1, 0.15) is 38.8 Å². The van der Waals surface area contributed by atoms with E-state index in [0.29, 0.717) is 0 Å². The van der Waals surface area contributed by atoms with Gasteiger partial charge in [0.2, 0.25) is 0 Å². The molecule has 1 saturated heterocycles. The van der Waals surface area contributed by atoms with E-state index in [1.807, 2.05) is 0 Å². The number of hydrogen-bond acceptors (Lipinski definition) is 3. The number of benzene rings is 1. The van der Waals surface area contributed by atoms with Crippen LogP contribution in [-0.4, -0.2) is 36.8 Å². The van der Waals surface area contributed by atoms with E-state index in [1.165, 1.54) is 16.6 Å². The van der Waals surface area contributed by atoms with Crippen molar-refractivity contribution in [2.45, 2.75) is 51.9 Å². The van der Waals surface area contributed by atoms with Gasteiger partial charge in [0.1, 0.15) is 0 Å². The van der Waals surface area contributed by atoms with Gasteiger partial charge in [0.05, 0.1) is 11.2 Å². The molecular weight excluding hydrogens is 249 g/mol. The van der Waals surface area contributed by atoms with Crippen molar-refractivity contribution in [3.8, 4) is 0 Å². The first-order valence-electron chi connectivity index (χ1n) is 7.45. The molecule has 0 radical (unpaired) electrons. The van der Waals surface area contributed by atoms with Gasteiger partial charge < -0.3 is 14.2 Å². The lowest BCUT2D eigenvalue weighted by atomic mass is 9.73. The minimum Gasteiger partial charge on any atom is -0.399 e. The minimum absolute atomic E-state index is 0.238. The Morgan fingerprint density at radius 3 is 2.40 bits per heavy atom. The van der Waals surface area contributed by atoms with Crippen molar-refractivity contribution < 1.29 is 9.31 Å². The Hall–Kier alpha value is -0.835. The summed E-state index contributed by atoms with van der Waals surface area (Å²) in [6.45, 7) is 10.5. The van der Waals surface area contributed by atoms with Gasteiger partial charge in [-0.15, -0.1) is 0 Å². The smallest absolute Gasteiger partial charge is 0.399 e. The van der Waals surface area contributed by atoms with Crippen LogP contribution < -0.4 is 5.46 Å². The van der Waals surface area contributed by atoms with Crippen LogP contribution >= 0.6 is 0 Å². The summed E-state index contributed by atoms with van der Waals surface area (Å²) in [5, 5.41) is 0. The zero-order valence-corrected chi connectivity index (χ0v) is 13.2. The van der Waals surface area contributed by atoms with Crippen molar-refractivity contribution in [3.63, 3.8) is 0 Å². The van der Waals surface area contributed by atoms with Crippen LogP contribution in [0.3, 0.4) is 0 Å². The largest absolute Gasteiger partial charge is 0.495 e. The summed E-state index contributed by atoms with van der Waals surface area (Å²) in [4.78, 5) is 2.36. The molecule has 0 amide bonds. The van der Waals surface area contributed by atoms with E-state index in [-0.39, 0.29) is 18.3 Å². The van der Waals surface area contributed by atoms with Crippen LogP contribution in [0.15, 0.2) is 18.2 Å². The first-order chi connectivity index (χ1) is 9.30. The summed E-state index contributed by atoms with van der Waals surface area (Å²) in [6.07, 6.45) is 1.08. The fourth-order valence-electron chi connectivity index (χ4n) is 2.97. The van der Waals surface area contributed by atoms with E-state index in [2.05, 4.69) is 57.8 Å². The SMILES string of the molecule is CN1CCc2c(cccc2B2OC(C)(C)C(C)(C)O2)C1. The summed E-state index contributed by atoms with van der Waals surface area (Å²) < 4.78 is 12.4. The lowest BCUT2D eigenvalue weighted by molar-refractivity contribution is 0.00578. The molecule has 0 spiro atoms. The first-order valence-corrected chi connectivity index (χ1v) is 7.45. The lowest BCUT2D eigenvalue weighted by Gasteiger charge is -2.32. The quantitative estimate of drug-likeness (QED) is 0.730. The van der Waals surface area contributed by atoms with E-state index in [4.69, 9.17) is 9.31 Å². The van der Waals surface area contributed by atoms with Gasteiger partial charge in [-0.25, -0.2) is 0 Å². The van der Waals surface area contributed by atoms with Crippen molar-refractivity contribution in [2.24, 2.45) is 0 Å². The second kappa shape index (κ2) is 4.59. The maximum Gasteiger partial charge on any atom is 0.495 e. The highest BCUT2D eigenvalue weighted by molar-refractivity contribution is 6.62. The highest BCUT2D eigenvalue weighted by Gasteiger charge is 2.52. The fourth-order valence-corrected chi connectivity index (χ4v) is 2.97. The normalized spacial score (nSPS) is 24.8. The molecule has 1 fully saturated rings. The molecule has 108 valence electrons. The number of fused-ring (bicyclic) bond motifs is 1. The van der Waals surface area contributed by atoms with Crippen molar-refractivity contribution in [1.29, 1.82) is 0 Å². The average Bonchev–Trinajstić information content (AvgIpc) is 2.57. The van der Waals surface area contributed by atoms with Crippen LogP contribution in [0.5, 0.6) is 0 Å². The molecule has 1 aromatic carbocycles. The predicted octanol–water partition coefficient (Wildman–Crippen LogP) is 1.97. The summed E-state index contributed by atoms with van der Waals surface area (Å²) in [7, 11) is 1.93. The standard InChI is InChI=1S/C16H24BNO2/c1-15(2)16(3,4)20-17(19-15)14-8-6-7-12-11-18(5)10-9-13(12)14/h6-8H,9-11H2,1-5H3. The summed E-state index contributed by atoms with van der Waals surface area (Å²) >= 11 is 0. The van der Waals surface area contributed by atoms with Gasteiger partial charge in [0.25, 0.3) is 0 Å². The monoisotopic (exact) mass is 273 g/mol. The van der Waals surface area contributed by atoms with E-state index in [0.717, 1.165) is 19.5 Å². The number of rotatable bonds is 1. The van der Waals surface area contributed by atoms with Crippen molar-refractivity contribution in [1.82, 2.24) is 4.90 Å². The lowest BCUT2D eigenvalue weighted by Crippen LogP contribution is -2.41. The third-order valence-corrected chi connectivity index (χ3v) is 5.00. The highest BCUT2D eigenvalue weighted by Crippen LogP contribution is 2.37. The van der Waals surface area contributed by atoms with Crippen molar-refractivity contribution in [2.75, 3.05) is 13.6 Å². The zero-order valence-electron chi connectivity index (χ0n) is 13.2. The van der Waals surface area contributed by atoms with E-state index >= 15 is 0 Å². The Labute approximate surface area is 122 Å². The first kappa shape index (κ1) is 14.1. The van der Waals surface area contributed by atoms with Crippen LogP contribution in [-0.2, 0) is 22.3 Å². The molecule has 2 aliphatic heterocycles. The number of nitrogens with zero attached hydrogens (tertiary/aromatic N) is 1. The van der Waals surface area contributed by atoms with Gasteiger partial charge in [-0.2, -0.15) is 0 Å². The topological polar surface area (TPSA) is 21.7 Å². The van der Waals surface area contributed by atoms with Gasteiger partial charge >= 0.3 is 7.12 Å². The Balaban J connectivity index is 1.95. The Bertz CT molecular complexity index is 511. The Morgan fingerprint density at radius 1 is 1.10 bits per heavy atom. The molecule has 2 heterocycles. The number of hydrogen-bond donors (Lipinski definition) is 0. The second-order valence-corrected chi connectivity index (χ2v) is 7.06. The minimum atomic E-state index is -0.272. The van der Waals surface area contributed by atoms with Crippen LogP contribution in [0.2, 0.25) is 0 Å². The highest BCUT2D eigenvalue weighted by atomic mass is 16.7. The maximum absolute atomic E-state index is 6.21. The second-order valence-electron chi connectivity index (χ2n) is 7.06. The number of likely N-dealkylation sites (N-methyl/N-ethyl adjacent to an activating group) is 1. The van der Waals surface area contributed by atoms with Gasteiger partial charge in [0.15, 0.2) is 0 Å². The molecule has 0 atom stereocenters. The molecule has 3 rings (SSSR count). The molecule has 2 aliphatic rings. The third kappa shape index (κ3) is 2.20. The van der Waals surface area contributed by atoms with Crippen molar-refractivity contribution >= 4 is 12.6 Å². The molecule has 3 nitrogen and oxygen atoms in total. The van der Waals surface area contributed by atoms with Gasteiger partial charge in [-0.3, -0.25) is 0 Å². The predicted molar refractivity (Wildman–Crippen MR) is 82.2 cm³/mol. The molecule has 0 saturated carbocycles. The van der Waals surface area contributed by atoms with Gasteiger partial charge in [0, 0.05) is 13.1 Å². The molecule has 0 N–H and O–H groups in total. The van der Waals surface area contributed by atoms with Gasteiger partial charge in [-0.05, 0) is 57.8 Å². The van der Waals surface area contributed by atoms with E-state index < -0.39 is 0 Å². The third-order valence-electron chi connectivity index (χ3n) is 5.00. The van der Waals surface area contributed by atoms with Crippen molar-refractivity contribution in [3.05, 3.63) is 29.3 Å². The zero-order chi connectivity index (χ0) is 14.5. The molecule has 4 heteroatoms. The molecule has 0 aliphatic carbocycles. The van der Waals surface area contributed by atoms with Crippen LogP contribution in [0.25, 0.3) is 0 Å². The molecule has 0 unspecified atom stereocenters. The summed E-state index contributed by atoms with van der Waals surface area (Å²) in [5.74, 6) is 0. The maximum atomic E-state index is 6.21. The van der Waals surface area contributed by atoms with Crippen LogP contribution in [0, 0.1) is 0 Å². The van der Waals surface area contributed by atoms with E-state index in [1.54, 1.807) is 0 Å². The molecular formula is C16H24BNO2. The molecule has 20 heavy (non-hydrogen) atoms. The molecule has 0 aromatic heterocycles. The van der Waals surface area contributed by atoms with Crippen LogP contribution in [0.4, 0.5) is 0 Å². The Morgan fingerprint density at radius 2 is 1.75 bits per heavy atom. The summed E-state index contributed by atoms with van der Waals surface area (Å²) in [6, 6.07) is 6.50. The molecule has 0 bridgehead atoms.